The monoisotopic (exact) mass is 366 g/mol. The van der Waals surface area contributed by atoms with E-state index in [-0.39, 0.29) is 5.56 Å². The lowest BCUT2D eigenvalue weighted by Crippen LogP contribution is -2.29. The van der Waals surface area contributed by atoms with Gasteiger partial charge in [-0.25, -0.2) is 0 Å². The molecule has 0 heterocycles. The average Bonchev–Trinajstić information content (AvgIpc) is 2.73. The van der Waals surface area contributed by atoms with E-state index in [1.807, 2.05) is 36.4 Å². The molecule has 0 radical (unpaired) electrons. The maximum atomic E-state index is 14.6. The van der Waals surface area contributed by atoms with E-state index in [1.165, 1.54) is 14.2 Å². The third-order valence-corrected chi connectivity index (χ3v) is 7.39. The predicted molar refractivity (Wildman–Crippen MR) is 104 cm³/mol. The Labute approximate surface area is 152 Å². The van der Waals surface area contributed by atoms with Crippen LogP contribution in [0.3, 0.4) is 0 Å². The van der Waals surface area contributed by atoms with E-state index in [9.17, 15) is 9.36 Å². The summed E-state index contributed by atoms with van der Waals surface area (Å²) in [6, 6.07) is 21.6. The number of carbonyl (C=O) groups excluding carboxylic acids is 1. The first-order valence-corrected chi connectivity index (χ1v) is 9.79. The van der Waals surface area contributed by atoms with E-state index in [0.29, 0.717) is 33.7 Å². The molecule has 0 N–H and O–H groups in total. The van der Waals surface area contributed by atoms with Gasteiger partial charge >= 0.3 is 0 Å². The first-order valence-electron chi connectivity index (χ1n) is 8.08. The van der Waals surface area contributed by atoms with Crippen molar-refractivity contribution in [1.82, 2.24) is 0 Å². The Morgan fingerprint density at radius 1 is 0.731 bits per heavy atom. The van der Waals surface area contributed by atoms with Crippen molar-refractivity contribution in [3.8, 4) is 11.5 Å². The average molecular weight is 366 g/mol. The highest BCUT2D eigenvalue weighted by Gasteiger charge is 2.36. The third kappa shape index (κ3) is 2.93. The second-order valence-electron chi connectivity index (χ2n) is 5.63. The van der Waals surface area contributed by atoms with Crippen molar-refractivity contribution in [2.24, 2.45) is 0 Å². The van der Waals surface area contributed by atoms with E-state index in [2.05, 4.69) is 0 Å². The van der Waals surface area contributed by atoms with Crippen molar-refractivity contribution in [1.29, 1.82) is 0 Å². The third-order valence-electron chi connectivity index (χ3n) is 4.25. The van der Waals surface area contributed by atoms with Gasteiger partial charge in [-0.3, -0.25) is 4.79 Å². The highest BCUT2D eigenvalue weighted by Crippen LogP contribution is 2.47. The van der Waals surface area contributed by atoms with Crippen molar-refractivity contribution in [3.63, 3.8) is 0 Å². The molecule has 4 nitrogen and oxygen atoms in total. The molecule has 0 saturated heterocycles. The molecule has 0 spiro atoms. The molecule has 0 unspecified atom stereocenters. The van der Waals surface area contributed by atoms with Gasteiger partial charge in [0.15, 0.2) is 13.4 Å². The van der Waals surface area contributed by atoms with Gasteiger partial charge < -0.3 is 14.0 Å². The summed E-state index contributed by atoms with van der Waals surface area (Å²) in [5.41, 5.74) is 0.239. The van der Waals surface area contributed by atoms with Gasteiger partial charge in [0.25, 0.3) is 0 Å². The van der Waals surface area contributed by atoms with Crippen LogP contribution in [0.15, 0.2) is 72.8 Å². The SMILES string of the molecule is COc1ccc(OC)c(P(=O)(c2ccccc2)c2ccccc2)c1C=O. The second kappa shape index (κ2) is 7.59. The number of methoxy groups -OCH3 is 2. The molecule has 0 fully saturated rings. The zero-order valence-corrected chi connectivity index (χ0v) is 15.5. The minimum absolute atomic E-state index is 0.239. The predicted octanol–water partition coefficient (Wildman–Crippen LogP) is 3.16. The lowest BCUT2D eigenvalue weighted by Gasteiger charge is -2.24. The zero-order valence-electron chi connectivity index (χ0n) is 14.6. The number of ether oxygens (including phenoxy) is 2. The number of aldehydes is 1. The largest absolute Gasteiger partial charge is 0.496 e. The van der Waals surface area contributed by atoms with Gasteiger partial charge in [-0.05, 0) is 12.1 Å². The van der Waals surface area contributed by atoms with E-state index < -0.39 is 7.14 Å². The van der Waals surface area contributed by atoms with Gasteiger partial charge in [0.05, 0.1) is 25.1 Å². The molecule has 0 saturated carbocycles. The molecule has 0 atom stereocenters. The highest BCUT2D eigenvalue weighted by molar-refractivity contribution is 7.85. The molecule has 3 aromatic rings. The summed E-state index contributed by atoms with van der Waals surface area (Å²) in [5, 5.41) is 1.61. The summed E-state index contributed by atoms with van der Waals surface area (Å²) in [6.07, 6.45) is 0.676. The highest BCUT2D eigenvalue weighted by atomic mass is 31.2. The number of rotatable bonds is 6. The molecule has 5 heteroatoms. The van der Waals surface area contributed by atoms with Gasteiger partial charge in [0.2, 0.25) is 0 Å². The van der Waals surface area contributed by atoms with Crippen LogP contribution in [0.5, 0.6) is 11.5 Å². The van der Waals surface area contributed by atoms with E-state index in [4.69, 9.17) is 9.47 Å². The van der Waals surface area contributed by atoms with Crippen LogP contribution >= 0.6 is 7.14 Å². The summed E-state index contributed by atoms with van der Waals surface area (Å²) < 4.78 is 25.4. The number of hydrogen-bond acceptors (Lipinski definition) is 4. The van der Waals surface area contributed by atoms with Crippen molar-refractivity contribution < 1.29 is 18.8 Å². The number of carbonyl (C=O) groups is 1. The Hall–Kier alpha value is -2.84. The Morgan fingerprint density at radius 2 is 1.19 bits per heavy atom. The molecule has 132 valence electrons. The molecule has 0 amide bonds. The van der Waals surface area contributed by atoms with Crippen LogP contribution in [0.2, 0.25) is 0 Å². The standard InChI is InChI=1S/C21H19O4P/c1-24-19-13-14-20(25-2)21(18(19)15-22)26(23,16-9-5-3-6-10-16)17-11-7-4-8-12-17/h3-15H,1-2H3. The van der Waals surface area contributed by atoms with Crippen molar-refractivity contribution in [2.45, 2.75) is 0 Å². The molecular formula is C21H19O4P. The smallest absolute Gasteiger partial charge is 0.175 e. The molecule has 0 bridgehead atoms. The Balaban J connectivity index is 2.45. The minimum atomic E-state index is -3.36. The summed E-state index contributed by atoms with van der Waals surface area (Å²) in [6.45, 7) is 0. The van der Waals surface area contributed by atoms with Crippen LogP contribution in [0, 0.1) is 0 Å². The van der Waals surface area contributed by atoms with Gasteiger partial charge in [0, 0.05) is 10.6 Å². The van der Waals surface area contributed by atoms with Crippen LogP contribution in [0.25, 0.3) is 0 Å². The number of hydrogen-bond donors (Lipinski definition) is 0. The molecule has 0 aromatic heterocycles. The molecule has 3 rings (SSSR count). The lowest BCUT2D eigenvalue weighted by atomic mass is 10.2. The fourth-order valence-corrected chi connectivity index (χ4v) is 6.01. The van der Waals surface area contributed by atoms with E-state index >= 15 is 0 Å². The molecule has 0 aliphatic heterocycles. The Kier molecular flexibility index (Phi) is 5.24. The van der Waals surface area contributed by atoms with Crippen molar-refractivity contribution >= 4 is 29.3 Å². The summed E-state index contributed by atoms with van der Waals surface area (Å²) in [5.74, 6) is 0.756. The molecular weight excluding hydrogens is 347 g/mol. The topological polar surface area (TPSA) is 52.6 Å². The van der Waals surface area contributed by atoms with Crippen molar-refractivity contribution in [3.05, 3.63) is 78.4 Å². The van der Waals surface area contributed by atoms with Gasteiger partial charge in [-0.1, -0.05) is 60.7 Å². The Morgan fingerprint density at radius 3 is 1.62 bits per heavy atom. The van der Waals surface area contributed by atoms with Crippen LogP contribution < -0.4 is 25.4 Å². The van der Waals surface area contributed by atoms with Gasteiger partial charge in [-0.2, -0.15) is 0 Å². The summed E-state index contributed by atoms with van der Waals surface area (Å²) in [4.78, 5) is 11.9. The molecule has 0 aliphatic rings. The molecule has 0 aliphatic carbocycles. The summed E-state index contributed by atoms with van der Waals surface area (Å²) in [7, 11) is -0.380. The van der Waals surface area contributed by atoms with Crippen LogP contribution in [0.1, 0.15) is 10.4 Å². The first-order chi connectivity index (χ1) is 12.7. The number of benzene rings is 3. The summed E-state index contributed by atoms with van der Waals surface area (Å²) >= 11 is 0. The molecule has 3 aromatic carbocycles. The molecule has 26 heavy (non-hydrogen) atoms. The van der Waals surface area contributed by atoms with Gasteiger partial charge in [0.1, 0.15) is 11.5 Å². The maximum absolute atomic E-state index is 14.6. The second-order valence-corrected chi connectivity index (χ2v) is 8.33. The van der Waals surface area contributed by atoms with Crippen molar-refractivity contribution in [2.75, 3.05) is 14.2 Å². The zero-order chi connectivity index (χ0) is 18.6. The van der Waals surface area contributed by atoms with E-state index in [0.717, 1.165) is 0 Å². The quantitative estimate of drug-likeness (QED) is 0.497. The maximum Gasteiger partial charge on any atom is 0.175 e. The van der Waals surface area contributed by atoms with E-state index in [1.54, 1.807) is 36.4 Å². The van der Waals surface area contributed by atoms with Gasteiger partial charge in [-0.15, -0.1) is 0 Å². The van der Waals surface area contributed by atoms with Crippen LogP contribution in [-0.4, -0.2) is 20.5 Å². The Bertz CT molecular complexity index is 909. The van der Waals surface area contributed by atoms with Crippen LogP contribution in [0.4, 0.5) is 0 Å². The minimum Gasteiger partial charge on any atom is -0.496 e. The fourth-order valence-electron chi connectivity index (χ4n) is 3.03. The first kappa shape index (κ1) is 18.0. The van der Waals surface area contributed by atoms with Crippen LogP contribution in [-0.2, 0) is 4.57 Å². The lowest BCUT2D eigenvalue weighted by molar-refractivity contribution is 0.112. The fraction of sp³-hybridized carbons (Fsp3) is 0.0952. The normalized spacial score (nSPS) is 11.0.